The highest BCUT2D eigenvalue weighted by atomic mass is 16.6. The molecule has 2 nitrogen and oxygen atoms in total. The van der Waals surface area contributed by atoms with Gasteiger partial charge in [0.15, 0.2) is 0 Å². The van der Waals surface area contributed by atoms with E-state index in [-0.39, 0.29) is 11.4 Å². The summed E-state index contributed by atoms with van der Waals surface area (Å²) in [4.78, 5) is 12.1. The summed E-state index contributed by atoms with van der Waals surface area (Å²) in [5, 5.41) is 0. The molecule has 1 aromatic rings. The predicted molar refractivity (Wildman–Crippen MR) is 63.2 cm³/mol. The summed E-state index contributed by atoms with van der Waals surface area (Å²) in [5.74, 6) is -0.0776. The van der Waals surface area contributed by atoms with Gasteiger partial charge in [-0.25, -0.2) is 0 Å². The number of carbonyl (C=O) groups is 1. The number of benzene rings is 1. The number of ether oxygens (including phenoxy) is 1. The van der Waals surface area contributed by atoms with Gasteiger partial charge >= 0.3 is 5.97 Å². The third-order valence-corrected chi connectivity index (χ3v) is 2.87. The molecule has 16 heavy (non-hydrogen) atoms. The standard InChI is InChI=1S/C14H18O2/c1-13(2,3)16-12(15)14(9-10-14)11-7-5-4-6-8-11/h4-8H,9-10H2,1-3H3. The van der Waals surface area contributed by atoms with E-state index in [0.29, 0.717) is 0 Å². The Morgan fingerprint density at radius 1 is 1.19 bits per heavy atom. The van der Waals surface area contributed by atoms with E-state index in [9.17, 15) is 4.79 Å². The molecule has 0 saturated heterocycles. The molecule has 0 spiro atoms. The largest absolute Gasteiger partial charge is 0.459 e. The number of rotatable bonds is 2. The van der Waals surface area contributed by atoms with E-state index in [1.165, 1.54) is 0 Å². The average Bonchev–Trinajstić information content (AvgIpc) is 2.97. The summed E-state index contributed by atoms with van der Waals surface area (Å²) in [6.45, 7) is 5.73. The fourth-order valence-corrected chi connectivity index (χ4v) is 1.87. The van der Waals surface area contributed by atoms with Crippen LogP contribution < -0.4 is 0 Å². The van der Waals surface area contributed by atoms with Crippen LogP contribution in [0.5, 0.6) is 0 Å². The van der Waals surface area contributed by atoms with Gasteiger partial charge in [-0.1, -0.05) is 30.3 Å². The van der Waals surface area contributed by atoms with E-state index in [0.717, 1.165) is 18.4 Å². The Morgan fingerprint density at radius 3 is 2.19 bits per heavy atom. The number of hydrogen-bond donors (Lipinski definition) is 0. The molecule has 0 bridgehead atoms. The Balaban J connectivity index is 2.18. The second kappa shape index (κ2) is 3.62. The lowest BCUT2D eigenvalue weighted by molar-refractivity contribution is -0.158. The predicted octanol–water partition coefficient (Wildman–Crippen LogP) is 3.06. The van der Waals surface area contributed by atoms with Gasteiger partial charge < -0.3 is 4.74 Å². The lowest BCUT2D eigenvalue weighted by Crippen LogP contribution is -2.31. The highest BCUT2D eigenvalue weighted by Crippen LogP contribution is 2.49. The van der Waals surface area contributed by atoms with Crippen molar-refractivity contribution in [2.45, 2.75) is 44.6 Å². The van der Waals surface area contributed by atoms with E-state index in [2.05, 4.69) is 0 Å². The van der Waals surface area contributed by atoms with Crippen molar-refractivity contribution in [1.29, 1.82) is 0 Å². The van der Waals surface area contributed by atoms with E-state index < -0.39 is 5.60 Å². The van der Waals surface area contributed by atoms with Gasteiger partial charge in [0, 0.05) is 0 Å². The molecule has 1 saturated carbocycles. The number of esters is 1. The normalized spacial score (nSPS) is 17.9. The Labute approximate surface area is 96.6 Å². The first-order valence-electron chi connectivity index (χ1n) is 5.73. The molecule has 0 heterocycles. The monoisotopic (exact) mass is 218 g/mol. The zero-order valence-electron chi connectivity index (χ0n) is 10.1. The zero-order chi connectivity index (χ0) is 11.8. The summed E-state index contributed by atoms with van der Waals surface area (Å²) >= 11 is 0. The van der Waals surface area contributed by atoms with E-state index in [1.807, 2.05) is 51.1 Å². The van der Waals surface area contributed by atoms with Gasteiger partial charge in [-0.3, -0.25) is 4.79 Å². The minimum atomic E-state index is -0.401. The van der Waals surface area contributed by atoms with Crippen LogP contribution in [0.15, 0.2) is 30.3 Å². The smallest absolute Gasteiger partial charge is 0.317 e. The van der Waals surface area contributed by atoms with Crippen molar-refractivity contribution in [3.05, 3.63) is 35.9 Å². The molecule has 0 N–H and O–H groups in total. The molecular weight excluding hydrogens is 200 g/mol. The maximum absolute atomic E-state index is 12.1. The van der Waals surface area contributed by atoms with E-state index in [1.54, 1.807) is 0 Å². The van der Waals surface area contributed by atoms with Crippen LogP contribution in [-0.2, 0) is 14.9 Å². The first-order chi connectivity index (χ1) is 7.44. The summed E-state index contributed by atoms with van der Waals surface area (Å²) in [7, 11) is 0. The van der Waals surface area contributed by atoms with Crippen molar-refractivity contribution in [3.8, 4) is 0 Å². The molecule has 0 aromatic heterocycles. The van der Waals surface area contributed by atoms with Gasteiger partial charge in [0.05, 0.1) is 5.41 Å². The topological polar surface area (TPSA) is 26.3 Å². The number of hydrogen-bond acceptors (Lipinski definition) is 2. The Kier molecular flexibility index (Phi) is 2.53. The van der Waals surface area contributed by atoms with Crippen molar-refractivity contribution in [2.24, 2.45) is 0 Å². The van der Waals surface area contributed by atoms with Crippen molar-refractivity contribution < 1.29 is 9.53 Å². The Hall–Kier alpha value is -1.31. The summed E-state index contributed by atoms with van der Waals surface area (Å²) in [6.07, 6.45) is 1.82. The van der Waals surface area contributed by atoms with Gasteiger partial charge in [-0.15, -0.1) is 0 Å². The lowest BCUT2D eigenvalue weighted by atomic mass is 9.96. The molecule has 1 aromatic carbocycles. The van der Waals surface area contributed by atoms with Gasteiger partial charge in [-0.2, -0.15) is 0 Å². The first kappa shape index (κ1) is 11.2. The lowest BCUT2D eigenvalue weighted by Gasteiger charge is -2.24. The molecule has 1 aliphatic rings. The third kappa shape index (κ3) is 2.11. The fraction of sp³-hybridized carbons (Fsp3) is 0.500. The highest BCUT2D eigenvalue weighted by molar-refractivity contribution is 5.86. The Morgan fingerprint density at radius 2 is 1.75 bits per heavy atom. The van der Waals surface area contributed by atoms with E-state index >= 15 is 0 Å². The van der Waals surface area contributed by atoms with Crippen LogP contribution >= 0.6 is 0 Å². The molecule has 0 aliphatic heterocycles. The van der Waals surface area contributed by atoms with Crippen LogP contribution in [0.25, 0.3) is 0 Å². The van der Waals surface area contributed by atoms with Gasteiger partial charge in [0.2, 0.25) is 0 Å². The van der Waals surface area contributed by atoms with E-state index in [4.69, 9.17) is 4.74 Å². The summed E-state index contributed by atoms with van der Waals surface area (Å²) in [5.41, 5.74) is 0.333. The van der Waals surface area contributed by atoms with Crippen molar-refractivity contribution in [1.82, 2.24) is 0 Å². The average molecular weight is 218 g/mol. The fourth-order valence-electron chi connectivity index (χ4n) is 1.87. The molecule has 0 amide bonds. The maximum atomic E-state index is 12.1. The van der Waals surface area contributed by atoms with Crippen LogP contribution in [0.3, 0.4) is 0 Å². The van der Waals surface area contributed by atoms with Gasteiger partial charge in [0.25, 0.3) is 0 Å². The van der Waals surface area contributed by atoms with Crippen molar-refractivity contribution in [2.75, 3.05) is 0 Å². The van der Waals surface area contributed by atoms with Crippen LogP contribution in [-0.4, -0.2) is 11.6 Å². The van der Waals surface area contributed by atoms with Crippen LogP contribution in [0, 0.1) is 0 Å². The van der Waals surface area contributed by atoms with Gasteiger partial charge in [-0.05, 0) is 39.2 Å². The summed E-state index contributed by atoms with van der Waals surface area (Å²) < 4.78 is 5.48. The molecule has 2 rings (SSSR count). The zero-order valence-corrected chi connectivity index (χ0v) is 10.1. The highest BCUT2D eigenvalue weighted by Gasteiger charge is 2.53. The molecule has 0 radical (unpaired) electrons. The van der Waals surface area contributed by atoms with Crippen molar-refractivity contribution >= 4 is 5.97 Å². The quantitative estimate of drug-likeness (QED) is 0.713. The first-order valence-corrected chi connectivity index (χ1v) is 5.73. The molecular formula is C14H18O2. The van der Waals surface area contributed by atoms with Crippen LogP contribution in [0.4, 0.5) is 0 Å². The molecule has 86 valence electrons. The molecule has 1 aliphatic carbocycles. The minimum absolute atomic E-state index is 0.0776. The molecule has 1 fully saturated rings. The molecule has 0 unspecified atom stereocenters. The van der Waals surface area contributed by atoms with Crippen molar-refractivity contribution in [3.63, 3.8) is 0 Å². The molecule has 2 heteroatoms. The maximum Gasteiger partial charge on any atom is 0.317 e. The number of carbonyl (C=O) groups excluding carboxylic acids is 1. The Bertz CT molecular complexity index is 383. The second-order valence-electron chi connectivity index (χ2n) is 5.45. The minimum Gasteiger partial charge on any atom is -0.459 e. The van der Waals surface area contributed by atoms with Gasteiger partial charge in [0.1, 0.15) is 5.60 Å². The van der Waals surface area contributed by atoms with Crippen LogP contribution in [0.2, 0.25) is 0 Å². The molecule has 0 atom stereocenters. The second-order valence-corrected chi connectivity index (χ2v) is 5.45. The van der Waals surface area contributed by atoms with Crippen LogP contribution in [0.1, 0.15) is 39.2 Å². The third-order valence-electron chi connectivity index (χ3n) is 2.87. The SMILES string of the molecule is CC(C)(C)OC(=O)C1(c2ccccc2)CC1. The summed E-state index contributed by atoms with van der Waals surface area (Å²) in [6, 6.07) is 9.93.